The number of aryl methyl sites for hydroxylation is 1. The molecule has 3 aromatic carbocycles. The summed E-state index contributed by atoms with van der Waals surface area (Å²) in [5.41, 5.74) is 3.74. The number of hydrogen-bond donors (Lipinski definition) is 0. The number of nitro groups is 1. The van der Waals surface area contributed by atoms with E-state index in [-0.39, 0.29) is 24.1 Å². The number of para-hydroxylation sites is 1. The van der Waals surface area contributed by atoms with Crippen LogP contribution in [-0.2, 0) is 17.6 Å². The molecule has 170 valence electrons. The molecule has 7 heteroatoms. The standard InChI is InChI=1S/C26H26N2O5/c1-32-23-16-20-14-15-27(25(29)13-12-18-8-6-7-11-22(18)28(30)31)26(19-9-4-3-5-10-19)21(20)17-24(23)33-2/h3-11,16-17,26H,12-15H2,1-2H3/t26-/m0/s1. The Morgan fingerprint density at radius 1 is 1.03 bits per heavy atom. The van der Waals surface area contributed by atoms with Crippen molar-refractivity contribution >= 4 is 11.6 Å². The van der Waals surface area contributed by atoms with Gasteiger partial charge in [-0.25, -0.2) is 0 Å². The summed E-state index contributed by atoms with van der Waals surface area (Å²) in [6, 6.07) is 20.1. The van der Waals surface area contributed by atoms with Crippen LogP contribution < -0.4 is 9.47 Å². The molecule has 33 heavy (non-hydrogen) atoms. The lowest BCUT2D eigenvalue weighted by Crippen LogP contribution is -2.40. The molecule has 0 fully saturated rings. The summed E-state index contributed by atoms with van der Waals surface area (Å²) in [5.74, 6) is 1.24. The molecule has 0 aromatic heterocycles. The molecule has 0 spiro atoms. The summed E-state index contributed by atoms with van der Waals surface area (Å²) in [7, 11) is 3.21. The zero-order chi connectivity index (χ0) is 23.4. The van der Waals surface area contributed by atoms with Crippen LogP contribution in [0.1, 0.15) is 34.7 Å². The Balaban J connectivity index is 1.67. The second-order valence-electron chi connectivity index (χ2n) is 7.94. The van der Waals surface area contributed by atoms with Gasteiger partial charge in [0, 0.05) is 24.6 Å². The molecule has 1 heterocycles. The van der Waals surface area contributed by atoms with Gasteiger partial charge in [-0.3, -0.25) is 14.9 Å². The van der Waals surface area contributed by atoms with Crippen LogP contribution in [0.3, 0.4) is 0 Å². The molecule has 0 saturated heterocycles. The smallest absolute Gasteiger partial charge is 0.272 e. The van der Waals surface area contributed by atoms with E-state index in [9.17, 15) is 14.9 Å². The van der Waals surface area contributed by atoms with Crippen molar-refractivity contribution in [3.8, 4) is 11.5 Å². The minimum Gasteiger partial charge on any atom is -0.493 e. The van der Waals surface area contributed by atoms with Gasteiger partial charge < -0.3 is 14.4 Å². The van der Waals surface area contributed by atoms with Crippen LogP contribution in [0.5, 0.6) is 11.5 Å². The average molecular weight is 447 g/mol. The quantitative estimate of drug-likeness (QED) is 0.387. The second kappa shape index (κ2) is 9.73. The van der Waals surface area contributed by atoms with E-state index in [1.165, 1.54) is 6.07 Å². The average Bonchev–Trinajstić information content (AvgIpc) is 2.86. The maximum atomic E-state index is 13.4. The Morgan fingerprint density at radius 3 is 2.39 bits per heavy atom. The van der Waals surface area contributed by atoms with E-state index in [0.29, 0.717) is 36.4 Å². The van der Waals surface area contributed by atoms with E-state index in [1.807, 2.05) is 47.4 Å². The molecular weight excluding hydrogens is 420 g/mol. The monoisotopic (exact) mass is 446 g/mol. The Kier molecular flexibility index (Phi) is 6.58. The minimum absolute atomic E-state index is 0.0394. The van der Waals surface area contributed by atoms with Crippen molar-refractivity contribution in [2.45, 2.75) is 25.3 Å². The topological polar surface area (TPSA) is 81.9 Å². The highest BCUT2D eigenvalue weighted by molar-refractivity contribution is 5.78. The van der Waals surface area contributed by atoms with Crippen molar-refractivity contribution in [1.82, 2.24) is 4.90 Å². The summed E-state index contributed by atoms with van der Waals surface area (Å²) in [4.78, 5) is 26.2. The van der Waals surface area contributed by atoms with Gasteiger partial charge in [-0.2, -0.15) is 0 Å². The fraction of sp³-hybridized carbons (Fsp3) is 0.269. The summed E-state index contributed by atoms with van der Waals surface area (Å²) in [6.45, 7) is 0.553. The van der Waals surface area contributed by atoms with Gasteiger partial charge in [0.15, 0.2) is 11.5 Å². The zero-order valence-electron chi connectivity index (χ0n) is 18.7. The number of nitro benzene ring substituents is 1. The first-order chi connectivity index (χ1) is 16.0. The summed E-state index contributed by atoms with van der Waals surface area (Å²) in [5, 5.41) is 11.3. The van der Waals surface area contributed by atoms with Crippen LogP contribution in [-0.4, -0.2) is 36.5 Å². The van der Waals surface area contributed by atoms with Gasteiger partial charge in [0.25, 0.3) is 5.69 Å². The maximum absolute atomic E-state index is 13.4. The van der Waals surface area contributed by atoms with Crippen LogP contribution in [0.15, 0.2) is 66.7 Å². The maximum Gasteiger partial charge on any atom is 0.272 e. The number of ether oxygens (including phenoxy) is 2. The fourth-order valence-electron chi connectivity index (χ4n) is 4.49. The number of fused-ring (bicyclic) bond motifs is 1. The highest BCUT2D eigenvalue weighted by atomic mass is 16.6. The Hall–Kier alpha value is -3.87. The van der Waals surface area contributed by atoms with E-state index in [2.05, 4.69) is 0 Å². The highest BCUT2D eigenvalue weighted by Crippen LogP contribution is 2.41. The van der Waals surface area contributed by atoms with Gasteiger partial charge in [-0.15, -0.1) is 0 Å². The molecular formula is C26H26N2O5. The number of carbonyl (C=O) groups excluding carboxylic acids is 1. The third-order valence-corrected chi connectivity index (χ3v) is 6.11. The summed E-state index contributed by atoms with van der Waals surface area (Å²) in [6.07, 6.45) is 1.19. The van der Waals surface area contributed by atoms with E-state index >= 15 is 0 Å². The molecule has 4 rings (SSSR count). The lowest BCUT2D eigenvalue weighted by molar-refractivity contribution is -0.385. The first-order valence-electron chi connectivity index (χ1n) is 10.8. The molecule has 1 amide bonds. The van der Waals surface area contributed by atoms with Crippen LogP contribution in [0, 0.1) is 10.1 Å². The van der Waals surface area contributed by atoms with Gasteiger partial charge in [-0.05, 0) is 41.7 Å². The molecule has 1 aliphatic heterocycles. The van der Waals surface area contributed by atoms with Gasteiger partial charge in [0.05, 0.1) is 25.2 Å². The SMILES string of the molecule is COc1cc2c(cc1OC)[C@H](c1ccccc1)N(C(=O)CCc1ccccc1[N+](=O)[O-])CC2. The van der Waals surface area contributed by atoms with Crippen molar-refractivity contribution in [2.24, 2.45) is 0 Å². The largest absolute Gasteiger partial charge is 0.493 e. The fourth-order valence-corrected chi connectivity index (χ4v) is 4.49. The number of benzene rings is 3. The number of hydrogen-bond acceptors (Lipinski definition) is 5. The van der Waals surface area contributed by atoms with Gasteiger partial charge in [0.2, 0.25) is 5.91 Å². The number of amides is 1. The van der Waals surface area contributed by atoms with E-state index in [4.69, 9.17) is 9.47 Å². The number of rotatable bonds is 7. The van der Waals surface area contributed by atoms with Crippen LogP contribution in [0.4, 0.5) is 5.69 Å². The van der Waals surface area contributed by atoms with Gasteiger partial charge in [-0.1, -0.05) is 48.5 Å². The van der Waals surface area contributed by atoms with E-state index in [0.717, 1.165) is 16.7 Å². The van der Waals surface area contributed by atoms with Crippen molar-refractivity contribution in [3.63, 3.8) is 0 Å². The lowest BCUT2D eigenvalue weighted by Gasteiger charge is -2.38. The Labute approximate surface area is 192 Å². The van der Waals surface area contributed by atoms with E-state index in [1.54, 1.807) is 32.4 Å². The molecule has 0 N–H and O–H groups in total. The zero-order valence-corrected chi connectivity index (χ0v) is 18.7. The van der Waals surface area contributed by atoms with Crippen LogP contribution >= 0.6 is 0 Å². The lowest BCUT2D eigenvalue weighted by atomic mass is 9.87. The highest BCUT2D eigenvalue weighted by Gasteiger charge is 2.33. The molecule has 0 unspecified atom stereocenters. The number of carbonyl (C=O) groups is 1. The first-order valence-corrected chi connectivity index (χ1v) is 10.8. The predicted octanol–water partition coefficient (Wildman–Crippen LogP) is 4.72. The first kappa shape index (κ1) is 22.3. The molecule has 0 saturated carbocycles. The third kappa shape index (κ3) is 4.53. The van der Waals surface area contributed by atoms with Crippen LogP contribution in [0.25, 0.3) is 0 Å². The third-order valence-electron chi connectivity index (χ3n) is 6.11. The molecule has 1 atom stereocenters. The van der Waals surface area contributed by atoms with Gasteiger partial charge >= 0.3 is 0 Å². The molecule has 0 aliphatic carbocycles. The van der Waals surface area contributed by atoms with Crippen molar-refractivity contribution in [3.05, 3.63) is 99.1 Å². The van der Waals surface area contributed by atoms with Crippen molar-refractivity contribution < 1.29 is 19.2 Å². The van der Waals surface area contributed by atoms with Crippen LogP contribution in [0.2, 0.25) is 0 Å². The predicted molar refractivity (Wildman–Crippen MR) is 125 cm³/mol. The molecule has 7 nitrogen and oxygen atoms in total. The van der Waals surface area contributed by atoms with Crippen molar-refractivity contribution in [2.75, 3.05) is 20.8 Å². The van der Waals surface area contributed by atoms with Gasteiger partial charge in [0.1, 0.15) is 0 Å². The summed E-state index contributed by atoms with van der Waals surface area (Å²) < 4.78 is 11.0. The number of methoxy groups -OCH3 is 2. The molecule has 1 aliphatic rings. The molecule has 3 aromatic rings. The Bertz CT molecular complexity index is 1160. The summed E-state index contributed by atoms with van der Waals surface area (Å²) >= 11 is 0. The second-order valence-corrected chi connectivity index (χ2v) is 7.94. The molecule has 0 bridgehead atoms. The Morgan fingerprint density at radius 2 is 1.70 bits per heavy atom. The number of nitrogens with zero attached hydrogens (tertiary/aromatic N) is 2. The van der Waals surface area contributed by atoms with Crippen molar-refractivity contribution in [1.29, 1.82) is 0 Å². The molecule has 0 radical (unpaired) electrons. The van der Waals surface area contributed by atoms with E-state index < -0.39 is 4.92 Å². The minimum atomic E-state index is -0.399. The normalized spacial score (nSPS) is 15.0.